The first-order valence-electron chi connectivity index (χ1n) is 8.13. The van der Waals surface area contributed by atoms with E-state index in [9.17, 15) is 4.39 Å². The lowest BCUT2D eigenvalue weighted by Gasteiger charge is -2.13. The van der Waals surface area contributed by atoms with Crippen LogP contribution in [0, 0.1) is 5.82 Å². The van der Waals surface area contributed by atoms with Gasteiger partial charge in [0.15, 0.2) is 11.6 Å². The fourth-order valence-corrected chi connectivity index (χ4v) is 2.57. The van der Waals surface area contributed by atoms with Crippen LogP contribution in [0.5, 0.6) is 0 Å². The van der Waals surface area contributed by atoms with Gasteiger partial charge in [-0.1, -0.05) is 37.6 Å². The molecule has 0 fully saturated rings. The van der Waals surface area contributed by atoms with Crippen molar-refractivity contribution in [2.75, 3.05) is 16.4 Å². The van der Waals surface area contributed by atoms with Gasteiger partial charge in [0.2, 0.25) is 0 Å². The molecule has 1 heterocycles. The van der Waals surface area contributed by atoms with E-state index in [1.165, 1.54) is 24.0 Å². The summed E-state index contributed by atoms with van der Waals surface area (Å²) in [6, 6.07) is 12.4. The third-order valence-electron chi connectivity index (χ3n) is 3.91. The van der Waals surface area contributed by atoms with Crippen molar-refractivity contribution in [1.82, 2.24) is 9.97 Å². The van der Waals surface area contributed by atoms with Crippen molar-refractivity contribution in [2.45, 2.75) is 19.8 Å². The van der Waals surface area contributed by atoms with Crippen LogP contribution in [0.15, 0.2) is 48.8 Å². The van der Waals surface area contributed by atoms with Crippen LogP contribution >= 0.6 is 11.6 Å². The van der Waals surface area contributed by atoms with Gasteiger partial charge in [-0.05, 0) is 41.8 Å². The van der Waals surface area contributed by atoms with Crippen LogP contribution in [0.4, 0.5) is 33.1 Å². The first kappa shape index (κ1) is 17.9. The Bertz CT molecular complexity index is 912. The van der Waals surface area contributed by atoms with Gasteiger partial charge in [0.1, 0.15) is 17.8 Å². The zero-order valence-electron chi connectivity index (χ0n) is 14.4. The van der Waals surface area contributed by atoms with Gasteiger partial charge >= 0.3 is 0 Å². The Morgan fingerprint density at radius 3 is 2.12 bits per heavy atom. The van der Waals surface area contributed by atoms with Gasteiger partial charge in [-0.25, -0.2) is 14.4 Å². The van der Waals surface area contributed by atoms with Gasteiger partial charge in [0.25, 0.3) is 0 Å². The third-order valence-corrected chi connectivity index (χ3v) is 4.20. The van der Waals surface area contributed by atoms with Crippen LogP contribution < -0.4 is 16.4 Å². The monoisotopic (exact) mass is 371 g/mol. The summed E-state index contributed by atoms with van der Waals surface area (Å²) in [5, 5.41) is 6.23. The lowest BCUT2D eigenvalue weighted by Crippen LogP contribution is -2.05. The minimum Gasteiger partial charge on any atom is -0.393 e. The maximum Gasteiger partial charge on any atom is 0.159 e. The molecule has 3 rings (SSSR count). The minimum atomic E-state index is -0.486. The molecule has 134 valence electrons. The van der Waals surface area contributed by atoms with E-state index in [0.717, 1.165) is 5.69 Å². The zero-order chi connectivity index (χ0) is 18.7. The summed E-state index contributed by atoms with van der Waals surface area (Å²) >= 11 is 5.80. The summed E-state index contributed by atoms with van der Waals surface area (Å²) in [4.78, 5) is 8.33. The average molecular weight is 372 g/mol. The summed E-state index contributed by atoms with van der Waals surface area (Å²) in [5.74, 6) is 0.864. The molecule has 2 aromatic carbocycles. The summed E-state index contributed by atoms with van der Waals surface area (Å²) in [5.41, 5.74) is 9.22. The van der Waals surface area contributed by atoms with Crippen molar-refractivity contribution in [3.05, 3.63) is 65.2 Å². The van der Waals surface area contributed by atoms with Crippen molar-refractivity contribution in [1.29, 1.82) is 0 Å². The van der Waals surface area contributed by atoms with Gasteiger partial charge in [0, 0.05) is 11.4 Å². The number of benzene rings is 2. The highest BCUT2D eigenvalue weighted by Gasteiger charge is 2.10. The number of nitrogen functional groups attached to an aromatic ring is 1. The summed E-state index contributed by atoms with van der Waals surface area (Å²) in [7, 11) is 0. The predicted octanol–water partition coefficient (Wildman–Crippen LogP) is 5.46. The Kier molecular flexibility index (Phi) is 5.23. The van der Waals surface area contributed by atoms with E-state index in [4.69, 9.17) is 17.3 Å². The molecule has 1 aromatic heterocycles. The quantitative estimate of drug-likeness (QED) is 0.555. The molecule has 7 heteroatoms. The van der Waals surface area contributed by atoms with Crippen LogP contribution in [0.1, 0.15) is 25.3 Å². The molecule has 0 aliphatic carbocycles. The topological polar surface area (TPSA) is 75.9 Å². The molecule has 4 N–H and O–H groups in total. The number of aromatic nitrogens is 2. The summed E-state index contributed by atoms with van der Waals surface area (Å²) < 4.78 is 13.3. The van der Waals surface area contributed by atoms with Crippen molar-refractivity contribution in [3.63, 3.8) is 0 Å². The van der Waals surface area contributed by atoms with Gasteiger partial charge in [-0.15, -0.1) is 0 Å². The standard InChI is InChI=1S/C19H19ClFN5/c1-11(2)12-3-5-13(6-4-12)25-18-17(22)19(24-10-23-18)26-14-7-8-16(21)15(20)9-14/h3-11H,22H2,1-2H3,(H2,23,24,25,26). The first-order chi connectivity index (χ1) is 12.4. The summed E-state index contributed by atoms with van der Waals surface area (Å²) in [6.07, 6.45) is 1.40. The molecule has 0 saturated heterocycles. The normalized spacial score (nSPS) is 10.8. The van der Waals surface area contributed by atoms with Crippen LogP contribution in [0.2, 0.25) is 5.02 Å². The number of hydrogen-bond donors (Lipinski definition) is 3. The molecular weight excluding hydrogens is 353 g/mol. The van der Waals surface area contributed by atoms with Gasteiger partial charge in [-0.3, -0.25) is 0 Å². The van der Waals surface area contributed by atoms with E-state index in [0.29, 0.717) is 28.9 Å². The molecule has 3 aromatic rings. The Balaban J connectivity index is 1.81. The molecule has 0 amide bonds. The van der Waals surface area contributed by atoms with E-state index in [1.54, 1.807) is 6.07 Å². The first-order valence-corrected chi connectivity index (χ1v) is 8.51. The maximum absolute atomic E-state index is 13.3. The molecule has 0 saturated carbocycles. The lowest BCUT2D eigenvalue weighted by atomic mass is 10.0. The number of nitrogens with one attached hydrogen (secondary N) is 2. The zero-order valence-corrected chi connectivity index (χ0v) is 15.2. The van der Waals surface area contributed by atoms with Crippen molar-refractivity contribution in [3.8, 4) is 0 Å². The third kappa shape index (κ3) is 4.03. The molecular formula is C19H19ClFN5. The van der Waals surface area contributed by atoms with E-state index in [1.807, 2.05) is 12.1 Å². The van der Waals surface area contributed by atoms with Gasteiger partial charge < -0.3 is 16.4 Å². The minimum absolute atomic E-state index is 0.0196. The largest absolute Gasteiger partial charge is 0.393 e. The second-order valence-corrected chi connectivity index (χ2v) is 6.55. The number of rotatable bonds is 5. The Labute approximate surface area is 156 Å². The molecule has 0 radical (unpaired) electrons. The van der Waals surface area contributed by atoms with E-state index < -0.39 is 5.82 Å². The lowest BCUT2D eigenvalue weighted by molar-refractivity contribution is 0.628. The van der Waals surface area contributed by atoms with Crippen LogP contribution in [-0.2, 0) is 0 Å². The predicted molar refractivity (Wildman–Crippen MR) is 105 cm³/mol. The second kappa shape index (κ2) is 7.58. The van der Waals surface area contributed by atoms with Crippen molar-refractivity contribution >= 4 is 40.3 Å². The second-order valence-electron chi connectivity index (χ2n) is 6.14. The Hall–Kier alpha value is -2.86. The summed E-state index contributed by atoms with van der Waals surface area (Å²) in [6.45, 7) is 4.29. The fourth-order valence-electron chi connectivity index (χ4n) is 2.39. The molecule has 0 unspecified atom stereocenters. The average Bonchev–Trinajstić information content (AvgIpc) is 2.62. The fraction of sp³-hybridized carbons (Fsp3) is 0.158. The van der Waals surface area contributed by atoms with E-state index in [-0.39, 0.29) is 5.02 Å². The van der Waals surface area contributed by atoms with Crippen LogP contribution in [0.25, 0.3) is 0 Å². The molecule has 5 nitrogen and oxygen atoms in total. The Morgan fingerprint density at radius 1 is 0.962 bits per heavy atom. The van der Waals surface area contributed by atoms with Crippen molar-refractivity contribution < 1.29 is 4.39 Å². The molecule has 0 bridgehead atoms. The molecule has 0 spiro atoms. The molecule has 0 atom stereocenters. The van der Waals surface area contributed by atoms with E-state index in [2.05, 4.69) is 46.6 Å². The number of halogens is 2. The van der Waals surface area contributed by atoms with Gasteiger partial charge in [-0.2, -0.15) is 0 Å². The highest BCUT2D eigenvalue weighted by molar-refractivity contribution is 6.31. The highest BCUT2D eigenvalue weighted by Crippen LogP contribution is 2.29. The van der Waals surface area contributed by atoms with Crippen LogP contribution in [-0.4, -0.2) is 9.97 Å². The molecule has 0 aliphatic rings. The molecule has 0 aliphatic heterocycles. The van der Waals surface area contributed by atoms with Gasteiger partial charge in [0.05, 0.1) is 5.02 Å². The van der Waals surface area contributed by atoms with E-state index >= 15 is 0 Å². The number of hydrogen-bond acceptors (Lipinski definition) is 5. The molecule has 26 heavy (non-hydrogen) atoms. The smallest absolute Gasteiger partial charge is 0.159 e. The van der Waals surface area contributed by atoms with Crippen LogP contribution in [0.3, 0.4) is 0 Å². The highest BCUT2D eigenvalue weighted by atomic mass is 35.5. The SMILES string of the molecule is CC(C)c1ccc(Nc2ncnc(Nc3ccc(F)c(Cl)c3)c2N)cc1. The number of anilines is 5. The Morgan fingerprint density at radius 2 is 1.54 bits per heavy atom. The number of nitrogens with zero attached hydrogens (tertiary/aromatic N) is 2. The maximum atomic E-state index is 13.3. The number of nitrogens with two attached hydrogens (primary N) is 1. The van der Waals surface area contributed by atoms with Crippen molar-refractivity contribution in [2.24, 2.45) is 0 Å².